The van der Waals surface area contributed by atoms with E-state index in [-0.39, 0.29) is 17.5 Å². The van der Waals surface area contributed by atoms with Crippen LogP contribution in [0.25, 0.3) is 0 Å². The summed E-state index contributed by atoms with van der Waals surface area (Å²) in [6.45, 7) is 1.76. The first-order chi connectivity index (χ1) is 8.09. The van der Waals surface area contributed by atoms with E-state index in [4.69, 9.17) is 10.5 Å². The minimum atomic E-state index is -0.260. The Morgan fingerprint density at radius 1 is 1.35 bits per heavy atom. The Morgan fingerprint density at radius 2 is 2.00 bits per heavy atom. The van der Waals surface area contributed by atoms with Gasteiger partial charge in [-0.2, -0.15) is 0 Å². The third kappa shape index (κ3) is 2.22. The van der Waals surface area contributed by atoms with E-state index in [0.717, 1.165) is 31.2 Å². The Hall–Kier alpha value is -0.930. The summed E-state index contributed by atoms with van der Waals surface area (Å²) in [6, 6.07) is 4.92. The lowest BCUT2D eigenvalue weighted by Gasteiger charge is -2.34. The van der Waals surface area contributed by atoms with Gasteiger partial charge in [-0.25, -0.2) is 4.39 Å². The number of hydrogen-bond acceptors (Lipinski definition) is 2. The van der Waals surface area contributed by atoms with E-state index in [1.165, 1.54) is 6.07 Å². The summed E-state index contributed by atoms with van der Waals surface area (Å²) >= 11 is 0. The number of hydrogen-bond donors (Lipinski definition) is 1. The minimum absolute atomic E-state index is 0.172. The fourth-order valence-corrected chi connectivity index (χ4v) is 2.78. The Labute approximate surface area is 102 Å². The summed E-state index contributed by atoms with van der Waals surface area (Å²) in [5, 5.41) is 0. The molecule has 1 aliphatic rings. The Morgan fingerprint density at radius 3 is 2.53 bits per heavy atom. The summed E-state index contributed by atoms with van der Waals surface area (Å²) in [7, 11) is 1.72. The van der Waals surface area contributed by atoms with Crippen LogP contribution in [0.15, 0.2) is 18.2 Å². The molecule has 0 aromatic heterocycles. The molecule has 1 aromatic carbocycles. The Balaban J connectivity index is 2.29. The molecule has 1 fully saturated rings. The normalized spacial score (nSPS) is 20.5. The van der Waals surface area contributed by atoms with Gasteiger partial charge in [0.1, 0.15) is 5.82 Å². The van der Waals surface area contributed by atoms with E-state index in [9.17, 15) is 4.39 Å². The number of nitrogens with two attached hydrogens (primary N) is 1. The van der Waals surface area contributed by atoms with E-state index in [2.05, 4.69) is 0 Å². The molecule has 0 saturated heterocycles. The van der Waals surface area contributed by atoms with Crippen molar-refractivity contribution >= 4 is 0 Å². The topological polar surface area (TPSA) is 35.2 Å². The van der Waals surface area contributed by atoms with Crippen molar-refractivity contribution in [2.24, 2.45) is 5.73 Å². The molecule has 3 heteroatoms. The highest BCUT2D eigenvalue weighted by atomic mass is 19.1. The number of rotatable bonds is 3. The molecule has 2 nitrogen and oxygen atoms in total. The number of methoxy groups -OCH3 is 1. The zero-order chi connectivity index (χ0) is 12.5. The van der Waals surface area contributed by atoms with E-state index >= 15 is 0 Å². The Bertz CT molecular complexity index is 399. The standard InChI is InChI=1S/C14H20FNO/c1-10-9-11(5-6-12(10)15)13(16)14(17-2)7-3-4-8-14/h5-6,9,13H,3-4,7-8,16H2,1-2H3. The van der Waals surface area contributed by atoms with Crippen LogP contribution in [0.5, 0.6) is 0 Å². The fraction of sp³-hybridized carbons (Fsp3) is 0.571. The molecule has 2 N–H and O–H groups in total. The van der Waals surface area contributed by atoms with Crippen LogP contribution in [0.4, 0.5) is 4.39 Å². The van der Waals surface area contributed by atoms with Crippen molar-refractivity contribution in [1.82, 2.24) is 0 Å². The first-order valence-corrected chi connectivity index (χ1v) is 6.16. The van der Waals surface area contributed by atoms with Crippen LogP contribution in [0.3, 0.4) is 0 Å². The van der Waals surface area contributed by atoms with Gasteiger partial charge < -0.3 is 10.5 Å². The van der Waals surface area contributed by atoms with Gasteiger partial charge in [0, 0.05) is 7.11 Å². The van der Waals surface area contributed by atoms with Crippen LogP contribution in [-0.2, 0) is 4.74 Å². The lowest BCUT2D eigenvalue weighted by atomic mass is 9.87. The molecule has 1 saturated carbocycles. The van der Waals surface area contributed by atoms with Gasteiger partial charge in [-0.15, -0.1) is 0 Å². The summed E-state index contributed by atoms with van der Waals surface area (Å²) in [4.78, 5) is 0. The molecule has 0 bridgehead atoms. The molecule has 1 atom stereocenters. The molecule has 0 heterocycles. The molecule has 0 radical (unpaired) electrons. The lowest BCUT2D eigenvalue weighted by Crippen LogP contribution is -2.40. The number of halogens is 1. The quantitative estimate of drug-likeness (QED) is 0.876. The Kier molecular flexibility index (Phi) is 3.50. The highest BCUT2D eigenvalue weighted by Gasteiger charge is 2.40. The second-order valence-electron chi connectivity index (χ2n) is 4.96. The minimum Gasteiger partial charge on any atom is -0.376 e. The maximum Gasteiger partial charge on any atom is 0.126 e. The van der Waals surface area contributed by atoms with Gasteiger partial charge in [-0.05, 0) is 37.0 Å². The van der Waals surface area contributed by atoms with E-state index in [0.29, 0.717) is 5.56 Å². The van der Waals surface area contributed by atoms with Crippen LogP contribution in [-0.4, -0.2) is 12.7 Å². The molecule has 1 aliphatic carbocycles. The largest absolute Gasteiger partial charge is 0.376 e. The van der Waals surface area contributed by atoms with Crippen LogP contribution in [0.1, 0.15) is 42.9 Å². The predicted molar refractivity (Wildman–Crippen MR) is 66.3 cm³/mol. The van der Waals surface area contributed by atoms with Crippen molar-refractivity contribution in [2.45, 2.75) is 44.2 Å². The maximum atomic E-state index is 13.2. The predicted octanol–water partition coefficient (Wildman–Crippen LogP) is 3.09. The fourth-order valence-electron chi connectivity index (χ4n) is 2.78. The van der Waals surface area contributed by atoms with Crippen molar-refractivity contribution in [3.63, 3.8) is 0 Å². The number of benzene rings is 1. The third-order valence-electron chi connectivity index (χ3n) is 3.96. The van der Waals surface area contributed by atoms with Crippen LogP contribution >= 0.6 is 0 Å². The van der Waals surface area contributed by atoms with Gasteiger partial charge in [0.15, 0.2) is 0 Å². The lowest BCUT2D eigenvalue weighted by molar-refractivity contribution is -0.0264. The molecule has 0 spiro atoms. The van der Waals surface area contributed by atoms with Gasteiger partial charge in [0.25, 0.3) is 0 Å². The van der Waals surface area contributed by atoms with Crippen molar-refractivity contribution in [3.05, 3.63) is 35.1 Å². The molecule has 94 valence electrons. The summed E-state index contributed by atoms with van der Waals surface area (Å²) in [6.07, 6.45) is 4.28. The van der Waals surface area contributed by atoms with Crippen molar-refractivity contribution < 1.29 is 9.13 Å². The van der Waals surface area contributed by atoms with Crippen LogP contribution in [0.2, 0.25) is 0 Å². The molecular weight excluding hydrogens is 217 g/mol. The van der Waals surface area contributed by atoms with Gasteiger partial charge in [0.2, 0.25) is 0 Å². The summed E-state index contributed by atoms with van der Waals surface area (Å²) in [5.74, 6) is -0.182. The van der Waals surface area contributed by atoms with E-state index in [1.54, 1.807) is 20.1 Å². The molecule has 1 aromatic rings. The summed E-state index contributed by atoms with van der Waals surface area (Å²) < 4.78 is 18.9. The average Bonchev–Trinajstić information content (AvgIpc) is 2.81. The average molecular weight is 237 g/mol. The third-order valence-corrected chi connectivity index (χ3v) is 3.96. The smallest absolute Gasteiger partial charge is 0.126 e. The number of ether oxygens (including phenoxy) is 1. The van der Waals surface area contributed by atoms with Crippen LogP contribution < -0.4 is 5.73 Å². The van der Waals surface area contributed by atoms with Gasteiger partial charge in [-0.3, -0.25) is 0 Å². The monoisotopic (exact) mass is 237 g/mol. The maximum absolute atomic E-state index is 13.2. The second kappa shape index (κ2) is 4.75. The molecule has 1 unspecified atom stereocenters. The highest BCUT2D eigenvalue weighted by molar-refractivity contribution is 5.28. The van der Waals surface area contributed by atoms with Crippen LogP contribution in [0, 0.1) is 12.7 Å². The molecular formula is C14H20FNO. The molecule has 2 rings (SSSR count). The van der Waals surface area contributed by atoms with Crippen molar-refractivity contribution in [1.29, 1.82) is 0 Å². The van der Waals surface area contributed by atoms with Gasteiger partial charge in [0.05, 0.1) is 11.6 Å². The van der Waals surface area contributed by atoms with Crippen molar-refractivity contribution in [3.8, 4) is 0 Å². The number of aryl methyl sites for hydroxylation is 1. The molecule has 0 amide bonds. The summed E-state index contributed by atoms with van der Waals surface area (Å²) in [5.41, 5.74) is 7.66. The van der Waals surface area contributed by atoms with Gasteiger partial charge in [-0.1, -0.05) is 25.0 Å². The van der Waals surface area contributed by atoms with E-state index in [1.807, 2.05) is 6.07 Å². The highest BCUT2D eigenvalue weighted by Crippen LogP contribution is 2.41. The zero-order valence-electron chi connectivity index (χ0n) is 10.5. The SMILES string of the molecule is COC1(C(N)c2ccc(F)c(C)c2)CCCC1. The molecule has 17 heavy (non-hydrogen) atoms. The second-order valence-corrected chi connectivity index (χ2v) is 4.96. The molecule has 0 aliphatic heterocycles. The van der Waals surface area contributed by atoms with Crippen molar-refractivity contribution in [2.75, 3.05) is 7.11 Å². The zero-order valence-corrected chi connectivity index (χ0v) is 10.5. The van der Waals surface area contributed by atoms with E-state index < -0.39 is 0 Å². The first kappa shape index (κ1) is 12.5. The van der Waals surface area contributed by atoms with Gasteiger partial charge >= 0.3 is 0 Å². The first-order valence-electron chi connectivity index (χ1n) is 6.16.